The second-order valence-corrected chi connectivity index (χ2v) is 6.06. The van der Waals surface area contributed by atoms with Gasteiger partial charge in [-0.15, -0.1) is 0 Å². The highest BCUT2D eigenvalue weighted by atomic mass is 16.3. The van der Waals surface area contributed by atoms with Gasteiger partial charge in [0, 0.05) is 5.41 Å². The lowest BCUT2D eigenvalue weighted by atomic mass is 9.76. The van der Waals surface area contributed by atoms with Crippen molar-refractivity contribution in [1.29, 1.82) is 0 Å². The minimum atomic E-state index is -0.631. The molecule has 2 heteroatoms. The molecule has 0 aromatic heterocycles. The van der Waals surface area contributed by atoms with Gasteiger partial charge in [-0.1, -0.05) is 48.0 Å². The number of aliphatic hydroxyl groups is 2. The number of aryl methyl sites for hydroxylation is 3. The van der Waals surface area contributed by atoms with Gasteiger partial charge in [0.25, 0.3) is 0 Å². The smallest absolute Gasteiger partial charge is 0.0553 e. The predicted octanol–water partition coefficient (Wildman–Crippen LogP) is 3.08. The van der Waals surface area contributed by atoms with Gasteiger partial charge in [0.15, 0.2) is 0 Å². The summed E-state index contributed by atoms with van der Waals surface area (Å²) in [5.74, 6) is 0. The van der Waals surface area contributed by atoms with E-state index in [1.807, 2.05) is 31.2 Å². The van der Waals surface area contributed by atoms with Crippen LogP contribution in [-0.4, -0.2) is 23.4 Å². The van der Waals surface area contributed by atoms with Crippen LogP contribution in [0, 0.1) is 20.8 Å². The Labute approximate surface area is 127 Å². The second kappa shape index (κ2) is 6.42. The molecule has 0 heterocycles. The third kappa shape index (κ3) is 3.34. The first-order valence-corrected chi connectivity index (χ1v) is 7.36. The Morgan fingerprint density at radius 1 is 0.857 bits per heavy atom. The molecule has 0 fully saturated rings. The zero-order chi connectivity index (χ0) is 15.5. The van der Waals surface area contributed by atoms with Crippen molar-refractivity contribution in [2.75, 3.05) is 13.2 Å². The monoisotopic (exact) mass is 284 g/mol. The first kappa shape index (κ1) is 15.7. The summed E-state index contributed by atoms with van der Waals surface area (Å²) in [5.41, 5.74) is 5.13. The molecule has 0 atom stereocenters. The Morgan fingerprint density at radius 2 is 1.57 bits per heavy atom. The van der Waals surface area contributed by atoms with E-state index in [0.29, 0.717) is 6.42 Å². The highest BCUT2D eigenvalue weighted by molar-refractivity contribution is 5.36. The van der Waals surface area contributed by atoms with Crippen LogP contribution >= 0.6 is 0 Å². The van der Waals surface area contributed by atoms with Crippen molar-refractivity contribution < 1.29 is 10.2 Å². The van der Waals surface area contributed by atoms with Crippen LogP contribution in [0.3, 0.4) is 0 Å². The molecule has 0 spiro atoms. The van der Waals surface area contributed by atoms with E-state index in [-0.39, 0.29) is 13.2 Å². The summed E-state index contributed by atoms with van der Waals surface area (Å²) in [7, 11) is 0. The first-order chi connectivity index (χ1) is 10.0. The van der Waals surface area contributed by atoms with E-state index >= 15 is 0 Å². The van der Waals surface area contributed by atoms with Crippen molar-refractivity contribution in [3.8, 4) is 0 Å². The van der Waals surface area contributed by atoms with Crippen molar-refractivity contribution in [2.45, 2.75) is 32.6 Å². The Kier molecular flexibility index (Phi) is 4.81. The van der Waals surface area contributed by atoms with E-state index < -0.39 is 5.41 Å². The quantitative estimate of drug-likeness (QED) is 0.886. The Bertz CT molecular complexity index is 613. The van der Waals surface area contributed by atoms with E-state index in [2.05, 4.69) is 32.0 Å². The van der Waals surface area contributed by atoms with E-state index in [0.717, 1.165) is 16.7 Å². The summed E-state index contributed by atoms with van der Waals surface area (Å²) in [6.07, 6.45) is 0.630. The molecule has 2 N–H and O–H groups in total. The van der Waals surface area contributed by atoms with Crippen LogP contribution in [-0.2, 0) is 11.8 Å². The average Bonchev–Trinajstić information content (AvgIpc) is 2.48. The Morgan fingerprint density at radius 3 is 2.14 bits per heavy atom. The molecule has 2 nitrogen and oxygen atoms in total. The van der Waals surface area contributed by atoms with Gasteiger partial charge in [0.05, 0.1) is 13.2 Å². The van der Waals surface area contributed by atoms with Gasteiger partial charge in [-0.05, 0) is 49.4 Å². The molecule has 112 valence electrons. The number of aliphatic hydroxyl groups excluding tert-OH is 2. The summed E-state index contributed by atoms with van der Waals surface area (Å²) in [4.78, 5) is 0. The van der Waals surface area contributed by atoms with Crippen molar-refractivity contribution in [2.24, 2.45) is 0 Å². The van der Waals surface area contributed by atoms with Gasteiger partial charge in [-0.2, -0.15) is 0 Å². The van der Waals surface area contributed by atoms with Gasteiger partial charge in [0.1, 0.15) is 0 Å². The number of hydrogen-bond acceptors (Lipinski definition) is 2. The predicted molar refractivity (Wildman–Crippen MR) is 86.6 cm³/mol. The minimum Gasteiger partial charge on any atom is -0.395 e. The summed E-state index contributed by atoms with van der Waals surface area (Å²) < 4.78 is 0. The van der Waals surface area contributed by atoms with E-state index in [9.17, 15) is 10.2 Å². The Hall–Kier alpha value is -1.64. The highest BCUT2D eigenvalue weighted by Gasteiger charge is 2.31. The van der Waals surface area contributed by atoms with Crippen LogP contribution in [0.5, 0.6) is 0 Å². The SMILES string of the molecule is Cc1cccc(C(CO)(CO)Cc2ccc(C)c(C)c2)c1. The van der Waals surface area contributed by atoms with Gasteiger partial charge in [-0.3, -0.25) is 0 Å². The molecule has 0 aliphatic rings. The summed E-state index contributed by atoms with van der Waals surface area (Å²) in [5, 5.41) is 19.9. The maximum atomic E-state index is 9.95. The van der Waals surface area contributed by atoms with E-state index in [1.165, 1.54) is 11.1 Å². The zero-order valence-electron chi connectivity index (χ0n) is 13.1. The number of hydrogen-bond donors (Lipinski definition) is 2. The first-order valence-electron chi connectivity index (χ1n) is 7.36. The summed E-state index contributed by atoms with van der Waals surface area (Å²) in [6.45, 7) is 6.06. The lowest BCUT2D eigenvalue weighted by Crippen LogP contribution is -2.37. The van der Waals surface area contributed by atoms with E-state index in [1.54, 1.807) is 0 Å². The van der Waals surface area contributed by atoms with Gasteiger partial charge < -0.3 is 10.2 Å². The van der Waals surface area contributed by atoms with Gasteiger partial charge in [0.2, 0.25) is 0 Å². The largest absolute Gasteiger partial charge is 0.395 e. The molecule has 0 saturated heterocycles. The highest BCUT2D eigenvalue weighted by Crippen LogP contribution is 2.29. The van der Waals surface area contributed by atoms with Crippen LogP contribution in [0.2, 0.25) is 0 Å². The third-order valence-electron chi connectivity index (χ3n) is 4.35. The second-order valence-electron chi connectivity index (χ2n) is 6.06. The number of benzene rings is 2. The normalized spacial score (nSPS) is 11.7. The van der Waals surface area contributed by atoms with Crippen LogP contribution < -0.4 is 0 Å². The van der Waals surface area contributed by atoms with Crippen LogP contribution in [0.25, 0.3) is 0 Å². The molecule has 0 radical (unpaired) electrons. The van der Waals surface area contributed by atoms with Crippen molar-refractivity contribution in [3.63, 3.8) is 0 Å². The maximum absolute atomic E-state index is 9.95. The molecule has 21 heavy (non-hydrogen) atoms. The van der Waals surface area contributed by atoms with Crippen LogP contribution in [0.4, 0.5) is 0 Å². The molecule has 2 rings (SSSR count). The topological polar surface area (TPSA) is 40.5 Å². The molecular formula is C19H24O2. The zero-order valence-corrected chi connectivity index (χ0v) is 13.1. The lowest BCUT2D eigenvalue weighted by Gasteiger charge is -2.31. The standard InChI is InChI=1S/C19H24O2/c1-14-5-4-6-18(9-14)19(12-20,13-21)11-17-8-7-15(2)16(3)10-17/h4-10,20-21H,11-13H2,1-3H3. The minimum absolute atomic E-state index is 0.0696. The van der Waals surface area contributed by atoms with Gasteiger partial charge >= 0.3 is 0 Å². The van der Waals surface area contributed by atoms with Crippen molar-refractivity contribution >= 4 is 0 Å². The molecular weight excluding hydrogens is 260 g/mol. The summed E-state index contributed by atoms with van der Waals surface area (Å²) in [6, 6.07) is 14.4. The molecule has 0 aliphatic carbocycles. The van der Waals surface area contributed by atoms with Crippen molar-refractivity contribution in [1.82, 2.24) is 0 Å². The van der Waals surface area contributed by atoms with Gasteiger partial charge in [-0.25, -0.2) is 0 Å². The average molecular weight is 284 g/mol. The molecule has 0 unspecified atom stereocenters. The molecule has 0 bridgehead atoms. The lowest BCUT2D eigenvalue weighted by molar-refractivity contribution is 0.116. The summed E-state index contributed by atoms with van der Waals surface area (Å²) >= 11 is 0. The maximum Gasteiger partial charge on any atom is 0.0553 e. The van der Waals surface area contributed by atoms with Crippen LogP contribution in [0.15, 0.2) is 42.5 Å². The fraction of sp³-hybridized carbons (Fsp3) is 0.368. The number of rotatable bonds is 5. The fourth-order valence-electron chi connectivity index (χ4n) is 2.73. The van der Waals surface area contributed by atoms with Crippen molar-refractivity contribution in [3.05, 3.63) is 70.3 Å². The van der Waals surface area contributed by atoms with E-state index in [4.69, 9.17) is 0 Å². The Balaban J connectivity index is 2.40. The fourth-order valence-corrected chi connectivity index (χ4v) is 2.73. The molecule has 2 aromatic carbocycles. The third-order valence-corrected chi connectivity index (χ3v) is 4.35. The molecule has 0 amide bonds. The van der Waals surface area contributed by atoms with Crippen LogP contribution in [0.1, 0.15) is 27.8 Å². The molecule has 0 saturated carbocycles. The molecule has 2 aromatic rings. The molecule has 0 aliphatic heterocycles.